The summed E-state index contributed by atoms with van der Waals surface area (Å²) in [5, 5.41) is 2.49. The Bertz CT molecular complexity index is 958. The molecule has 2 aromatic carbocycles. The van der Waals surface area contributed by atoms with Gasteiger partial charge in [0.2, 0.25) is 10.0 Å². The highest BCUT2D eigenvalue weighted by Gasteiger charge is 2.30. The summed E-state index contributed by atoms with van der Waals surface area (Å²) in [6, 6.07) is 8.28. The van der Waals surface area contributed by atoms with Gasteiger partial charge in [0.15, 0.2) is 6.61 Å². The molecule has 0 saturated carbocycles. The lowest BCUT2D eigenvalue weighted by Gasteiger charge is -2.18. The van der Waals surface area contributed by atoms with Crippen LogP contribution in [0.2, 0.25) is 0 Å². The number of anilines is 1. The van der Waals surface area contributed by atoms with E-state index in [1.54, 1.807) is 0 Å². The van der Waals surface area contributed by atoms with E-state index in [-0.39, 0.29) is 29.3 Å². The van der Waals surface area contributed by atoms with Crippen LogP contribution in [0, 0.1) is 0 Å². The fraction of sp³-hybridized carbons (Fsp3) is 0.188. The molecule has 2 aromatic rings. The highest BCUT2D eigenvalue weighted by molar-refractivity contribution is 7.89. The van der Waals surface area contributed by atoms with Crippen LogP contribution < -0.4 is 14.8 Å². The van der Waals surface area contributed by atoms with Gasteiger partial charge in [-0.15, -0.1) is 0 Å². The Morgan fingerprint density at radius 1 is 1.15 bits per heavy atom. The number of ether oxygens (including phenoxy) is 1. The minimum atomic E-state index is -4.51. The molecule has 10 heteroatoms. The van der Waals surface area contributed by atoms with Crippen LogP contribution in [0.3, 0.4) is 0 Å². The molecule has 1 heterocycles. The number of rotatable bonds is 4. The maximum absolute atomic E-state index is 12.7. The lowest BCUT2D eigenvalue weighted by Crippen LogP contribution is -2.27. The van der Waals surface area contributed by atoms with Gasteiger partial charge in [0, 0.05) is 6.54 Å². The average Bonchev–Trinajstić information content (AvgIpc) is 2.59. The van der Waals surface area contributed by atoms with Crippen molar-refractivity contribution in [3.63, 3.8) is 0 Å². The second-order valence-corrected chi connectivity index (χ2v) is 7.28. The maximum Gasteiger partial charge on any atom is 0.416 e. The van der Waals surface area contributed by atoms with Gasteiger partial charge in [0.1, 0.15) is 5.75 Å². The Morgan fingerprint density at radius 3 is 2.65 bits per heavy atom. The third-order valence-corrected chi connectivity index (χ3v) is 5.01. The predicted molar refractivity (Wildman–Crippen MR) is 86.0 cm³/mol. The number of amides is 1. The van der Waals surface area contributed by atoms with Crippen molar-refractivity contribution < 1.29 is 31.1 Å². The first-order valence-electron chi connectivity index (χ1n) is 7.38. The molecule has 0 unspecified atom stereocenters. The van der Waals surface area contributed by atoms with Crippen LogP contribution in [-0.2, 0) is 27.5 Å². The molecule has 138 valence electrons. The van der Waals surface area contributed by atoms with E-state index < -0.39 is 27.7 Å². The number of hydrogen-bond donors (Lipinski definition) is 2. The van der Waals surface area contributed by atoms with Crippen molar-refractivity contribution in [1.82, 2.24) is 4.72 Å². The van der Waals surface area contributed by atoms with Crippen molar-refractivity contribution >= 4 is 21.6 Å². The molecule has 1 amide bonds. The molecule has 3 rings (SSSR count). The monoisotopic (exact) mass is 386 g/mol. The molecular weight excluding hydrogens is 373 g/mol. The third-order valence-electron chi connectivity index (χ3n) is 3.61. The SMILES string of the molecule is O=C1COc2ccc(S(=O)(=O)NCc3cccc(C(F)(F)F)c3)cc2N1. The number of carbonyl (C=O) groups is 1. The van der Waals surface area contributed by atoms with E-state index >= 15 is 0 Å². The molecule has 0 fully saturated rings. The molecule has 1 aliphatic rings. The molecule has 0 aromatic heterocycles. The van der Waals surface area contributed by atoms with Gasteiger partial charge >= 0.3 is 6.18 Å². The Morgan fingerprint density at radius 2 is 1.92 bits per heavy atom. The zero-order chi connectivity index (χ0) is 18.9. The maximum atomic E-state index is 12.7. The lowest BCUT2D eigenvalue weighted by molar-refractivity contribution is -0.137. The molecule has 0 spiro atoms. The molecular formula is C16H13F3N2O4S. The van der Waals surface area contributed by atoms with E-state index in [9.17, 15) is 26.4 Å². The largest absolute Gasteiger partial charge is 0.482 e. The first-order valence-corrected chi connectivity index (χ1v) is 8.86. The molecule has 2 N–H and O–H groups in total. The topological polar surface area (TPSA) is 84.5 Å². The van der Waals surface area contributed by atoms with Crippen molar-refractivity contribution in [1.29, 1.82) is 0 Å². The molecule has 26 heavy (non-hydrogen) atoms. The summed E-state index contributed by atoms with van der Waals surface area (Å²) in [7, 11) is -4.00. The predicted octanol–water partition coefficient (Wildman–Crippen LogP) is 2.51. The average molecular weight is 386 g/mol. The van der Waals surface area contributed by atoms with Crippen LogP contribution in [-0.4, -0.2) is 20.9 Å². The molecule has 6 nitrogen and oxygen atoms in total. The van der Waals surface area contributed by atoms with Crippen LogP contribution in [0.25, 0.3) is 0 Å². The minimum Gasteiger partial charge on any atom is -0.482 e. The Balaban J connectivity index is 1.78. The first kappa shape index (κ1) is 18.2. The summed E-state index contributed by atoms with van der Waals surface area (Å²) in [5.74, 6) is -0.0783. The van der Waals surface area contributed by atoms with Crippen LogP contribution in [0.15, 0.2) is 47.4 Å². The third kappa shape index (κ3) is 3.97. The first-order chi connectivity index (χ1) is 12.1. The molecule has 0 bridgehead atoms. The molecule has 0 saturated heterocycles. The number of hydrogen-bond acceptors (Lipinski definition) is 4. The lowest BCUT2D eigenvalue weighted by atomic mass is 10.1. The van der Waals surface area contributed by atoms with Crippen LogP contribution >= 0.6 is 0 Å². The summed E-state index contributed by atoms with van der Waals surface area (Å²) in [6.07, 6.45) is -4.51. The summed E-state index contributed by atoms with van der Waals surface area (Å²) in [4.78, 5) is 11.2. The van der Waals surface area contributed by atoms with E-state index in [1.165, 1.54) is 30.3 Å². The highest BCUT2D eigenvalue weighted by atomic mass is 32.2. The number of halogens is 3. The van der Waals surface area contributed by atoms with Crippen molar-refractivity contribution in [3.05, 3.63) is 53.6 Å². The quantitative estimate of drug-likeness (QED) is 0.846. The van der Waals surface area contributed by atoms with E-state index in [4.69, 9.17) is 4.74 Å². The van der Waals surface area contributed by atoms with Gasteiger partial charge in [-0.05, 0) is 29.8 Å². The standard InChI is InChI=1S/C16H13F3N2O4S/c17-16(18,19)11-3-1-2-10(6-11)8-20-26(23,24)12-4-5-14-13(7-12)21-15(22)9-25-14/h1-7,20H,8-9H2,(H,21,22). The van der Waals surface area contributed by atoms with Crippen LogP contribution in [0.1, 0.15) is 11.1 Å². The minimum absolute atomic E-state index is 0.144. The van der Waals surface area contributed by atoms with Crippen molar-refractivity contribution in [2.75, 3.05) is 11.9 Å². The van der Waals surface area contributed by atoms with E-state index in [0.717, 1.165) is 12.1 Å². The van der Waals surface area contributed by atoms with Gasteiger partial charge < -0.3 is 10.1 Å². The Labute approximate surface area is 147 Å². The van der Waals surface area contributed by atoms with Crippen molar-refractivity contribution in [3.8, 4) is 5.75 Å². The number of fused-ring (bicyclic) bond motifs is 1. The molecule has 0 radical (unpaired) electrons. The molecule has 0 aliphatic carbocycles. The number of sulfonamides is 1. The number of nitrogens with one attached hydrogen (secondary N) is 2. The number of benzene rings is 2. The van der Waals surface area contributed by atoms with Gasteiger partial charge in [0.25, 0.3) is 5.91 Å². The van der Waals surface area contributed by atoms with E-state index in [0.29, 0.717) is 5.75 Å². The van der Waals surface area contributed by atoms with Gasteiger partial charge in [-0.3, -0.25) is 4.79 Å². The van der Waals surface area contributed by atoms with Gasteiger partial charge in [0.05, 0.1) is 16.1 Å². The normalized spacial score (nSPS) is 14.3. The van der Waals surface area contributed by atoms with Gasteiger partial charge in [-0.25, -0.2) is 13.1 Å². The summed E-state index contributed by atoms with van der Waals surface area (Å²) < 4.78 is 70.3. The Kier molecular flexibility index (Phi) is 4.63. The van der Waals surface area contributed by atoms with Crippen molar-refractivity contribution in [2.45, 2.75) is 17.6 Å². The van der Waals surface area contributed by atoms with Crippen LogP contribution in [0.4, 0.5) is 18.9 Å². The smallest absolute Gasteiger partial charge is 0.416 e. The molecule has 1 aliphatic heterocycles. The highest BCUT2D eigenvalue weighted by Crippen LogP contribution is 2.31. The molecule has 0 atom stereocenters. The fourth-order valence-corrected chi connectivity index (χ4v) is 3.39. The number of alkyl halides is 3. The zero-order valence-corrected chi connectivity index (χ0v) is 13.9. The zero-order valence-electron chi connectivity index (χ0n) is 13.1. The van der Waals surface area contributed by atoms with Gasteiger partial charge in [-0.2, -0.15) is 13.2 Å². The second-order valence-electron chi connectivity index (χ2n) is 5.52. The van der Waals surface area contributed by atoms with Crippen LogP contribution in [0.5, 0.6) is 5.75 Å². The van der Waals surface area contributed by atoms with Crippen molar-refractivity contribution in [2.24, 2.45) is 0 Å². The van der Waals surface area contributed by atoms with E-state index in [2.05, 4.69) is 10.0 Å². The fourth-order valence-electron chi connectivity index (χ4n) is 2.35. The summed E-state index contributed by atoms with van der Waals surface area (Å²) in [6.45, 7) is -0.473. The number of carbonyl (C=O) groups excluding carboxylic acids is 1. The second kappa shape index (κ2) is 6.61. The Hall–Kier alpha value is -2.59. The summed E-state index contributed by atoms with van der Waals surface area (Å²) >= 11 is 0. The summed E-state index contributed by atoms with van der Waals surface area (Å²) in [5.41, 5.74) is -0.482. The van der Waals surface area contributed by atoms with Gasteiger partial charge in [-0.1, -0.05) is 18.2 Å². The van der Waals surface area contributed by atoms with E-state index in [1.807, 2.05) is 0 Å².